The van der Waals surface area contributed by atoms with Crippen molar-refractivity contribution in [1.82, 2.24) is 9.97 Å². The number of hydrogen-bond donors (Lipinski definition) is 1. The average molecular weight is 264 g/mol. The zero-order valence-corrected chi connectivity index (χ0v) is 13.2. The van der Waals surface area contributed by atoms with Crippen LogP contribution in [0.25, 0.3) is 0 Å². The molecule has 0 unspecified atom stereocenters. The number of aromatic nitrogens is 2. The summed E-state index contributed by atoms with van der Waals surface area (Å²) in [5, 5.41) is 3.35. The topological polar surface area (TPSA) is 41.1 Å². The lowest BCUT2D eigenvalue weighted by Gasteiger charge is -2.37. The smallest absolute Gasteiger partial charge is 0.137 e. The van der Waals surface area contributed by atoms with Gasteiger partial charge in [-0.1, -0.05) is 20.3 Å². The molecule has 0 aliphatic heterocycles. The first-order chi connectivity index (χ1) is 8.97. The predicted octanol–water partition coefficient (Wildman–Crippen LogP) is 3.49. The minimum absolute atomic E-state index is 0.0975. The zero-order valence-electron chi connectivity index (χ0n) is 13.2. The summed E-state index contributed by atoms with van der Waals surface area (Å²) < 4.78 is 0. The van der Waals surface area contributed by atoms with Crippen molar-refractivity contribution in [1.29, 1.82) is 0 Å². The first kappa shape index (κ1) is 15.7. The summed E-state index contributed by atoms with van der Waals surface area (Å²) in [5.74, 6) is 2.03. The van der Waals surface area contributed by atoms with Gasteiger partial charge in [0.05, 0.1) is 0 Å². The molecule has 0 fully saturated rings. The lowest BCUT2D eigenvalue weighted by Crippen LogP contribution is -2.41. The van der Waals surface area contributed by atoms with Crippen molar-refractivity contribution < 1.29 is 0 Å². The molecular formula is C15H28N4. The van der Waals surface area contributed by atoms with Gasteiger partial charge in [0.1, 0.15) is 18.0 Å². The summed E-state index contributed by atoms with van der Waals surface area (Å²) in [6.07, 6.45) is 4.84. The maximum atomic E-state index is 4.53. The van der Waals surface area contributed by atoms with Gasteiger partial charge in [0, 0.05) is 24.7 Å². The fourth-order valence-corrected chi connectivity index (χ4v) is 2.02. The molecular weight excluding hydrogens is 236 g/mol. The van der Waals surface area contributed by atoms with Crippen LogP contribution in [-0.2, 0) is 6.42 Å². The molecule has 0 atom stereocenters. The van der Waals surface area contributed by atoms with Crippen LogP contribution in [-0.4, -0.2) is 29.1 Å². The molecule has 0 radical (unpaired) electrons. The van der Waals surface area contributed by atoms with Crippen LogP contribution in [0.2, 0.25) is 0 Å². The van der Waals surface area contributed by atoms with Gasteiger partial charge in [-0.3, -0.25) is 0 Å². The predicted molar refractivity (Wildman–Crippen MR) is 83.0 cm³/mol. The summed E-state index contributed by atoms with van der Waals surface area (Å²) in [6.45, 7) is 11.9. The van der Waals surface area contributed by atoms with Crippen molar-refractivity contribution in [3.05, 3.63) is 11.9 Å². The number of hydrogen-bond acceptors (Lipinski definition) is 4. The lowest BCUT2D eigenvalue weighted by molar-refractivity contribution is 0.465. The minimum Gasteiger partial charge on any atom is -0.370 e. The van der Waals surface area contributed by atoms with Crippen LogP contribution >= 0.6 is 0 Å². The molecule has 0 aliphatic carbocycles. The van der Waals surface area contributed by atoms with Crippen LogP contribution in [0, 0.1) is 0 Å². The Morgan fingerprint density at radius 2 is 1.89 bits per heavy atom. The third-order valence-electron chi connectivity index (χ3n) is 3.86. The van der Waals surface area contributed by atoms with E-state index >= 15 is 0 Å². The van der Waals surface area contributed by atoms with Crippen LogP contribution in [0.5, 0.6) is 0 Å². The van der Waals surface area contributed by atoms with Crippen molar-refractivity contribution in [2.45, 2.75) is 59.4 Å². The first-order valence-corrected chi connectivity index (χ1v) is 7.29. The highest BCUT2D eigenvalue weighted by Gasteiger charge is 2.25. The van der Waals surface area contributed by atoms with Gasteiger partial charge in [-0.05, 0) is 33.6 Å². The summed E-state index contributed by atoms with van der Waals surface area (Å²) in [4.78, 5) is 11.2. The number of nitrogens with one attached hydrogen (secondary N) is 1. The highest BCUT2D eigenvalue weighted by Crippen LogP contribution is 2.29. The van der Waals surface area contributed by atoms with E-state index in [1.54, 1.807) is 6.33 Å². The van der Waals surface area contributed by atoms with Gasteiger partial charge >= 0.3 is 0 Å². The summed E-state index contributed by atoms with van der Waals surface area (Å²) >= 11 is 0. The zero-order chi connectivity index (χ0) is 14.5. The molecule has 0 saturated heterocycles. The van der Waals surface area contributed by atoms with E-state index < -0.39 is 0 Å². The van der Waals surface area contributed by atoms with Crippen LogP contribution in [0.15, 0.2) is 6.33 Å². The molecule has 0 amide bonds. The molecule has 0 bridgehead atoms. The molecule has 1 aromatic heterocycles. The van der Waals surface area contributed by atoms with Gasteiger partial charge < -0.3 is 10.2 Å². The van der Waals surface area contributed by atoms with Crippen molar-refractivity contribution in [3.63, 3.8) is 0 Å². The highest BCUT2D eigenvalue weighted by atomic mass is 15.2. The van der Waals surface area contributed by atoms with Crippen LogP contribution in [0.3, 0.4) is 0 Å². The third-order valence-corrected chi connectivity index (χ3v) is 3.86. The Morgan fingerprint density at radius 1 is 1.21 bits per heavy atom. The van der Waals surface area contributed by atoms with E-state index in [1.807, 2.05) is 0 Å². The molecule has 4 nitrogen and oxygen atoms in total. The molecule has 1 heterocycles. The van der Waals surface area contributed by atoms with Crippen molar-refractivity contribution in [3.8, 4) is 0 Å². The quantitative estimate of drug-likeness (QED) is 0.818. The molecule has 0 saturated carbocycles. The first-order valence-electron chi connectivity index (χ1n) is 7.29. The summed E-state index contributed by atoms with van der Waals surface area (Å²) in [6, 6.07) is 0. The fourth-order valence-electron chi connectivity index (χ4n) is 2.02. The maximum Gasteiger partial charge on any atom is 0.137 e. The Hall–Kier alpha value is -1.32. The Bertz CT molecular complexity index is 401. The van der Waals surface area contributed by atoms with E-state index in [0.29, 0.717) is 0 Å². The number of anilines is 2. The number of nitrogens with zero attached hydrogens (tertiary/aromatic N) is 3. The van der Waals surface area contributed by atoms with Gasteiger partial charge in [0.25, 0.3) is 0 Å². The second-order valence-electron chi connectivity index (χ2n) is 5.53. The van der Waals surface area contributed by atoms with Gasteiger partial charge in [0.15, 0.2) is 0 Å². The fraction of sp³-hybridized carbons (Fsp3) is 0.733. The molecule has 0 aromatic carbocycles. The molecule has 4 heteroatoms. The second-order valence-corrected chi connectivity index (χ2v) is 5.53. The van der Waals surface area contributed by atoms with Crippen molar-refractivity contribution in [2.75, 3.05) is 23.8 Å². The lowest BCUT2D eigenvalue weighted by atomic mass is 9.99. The summed E-state index contributed by atoms with van der Waals surface area (Å²) in [5.41, 5.74) is 1.33. The molecule has 1 aromatic rings. The van der Waals surface area contributed by atoms with Crippen LogP contribution in [0.1, 0.15) is 53.0 Å². The third kappa shape index (κ3) is 3.58. The normalized spacial score (nSPS) is 11.5. The van der Waals surface area contributed by atoms with Gasteiger partial charge in [0.2, 0.25) is 0 Å². The van der Waals surface area contributed by atoms with Crippen LogP contribution < -0.4 is 10.2 Å². The Labute approximate surface area is 117 Å². The molecule has 108 valence electrons. The maximum absolute atomic E-state index is 4.53. The standard InChI is InChI=1S/C15H28N4/c1-7-10-12-13(16-9-3)17-11-18-14(12)19(6)15(4,5)8-2/h11H,7-10H2,1-6H3,(H,16,17,18). The number of rotatable bonds is 7. The van der Waals surface area contributed by atoms with E-state index in [9.17, 15) is 0 Å². The van der Waals surface area contributed by atoms with Crippen molar-refractivity contribution >= 4 is 11.6 Å². The largest absolute Gasteiger partial charge is 0.370 e. The van der Waals surface area contributed by atoms with E-state index in [2.05, 4.69) is 61.9 Å². The molecule has 19 heavy (non-hydrogen) atoms. The highest BCUT2D eigenvalue weighted by molar-refractivity contribution is 5.59. The molecule has 1 rings (SSSR count). The summed E-state index contributed by atoms with van der Waals surface area (Å²) in [7, 11) is 2.13. The molecule has 0 aliphatic rings. The van der Waals surface area contributed by atoms with E-state index in [0.717, 1.165) is 37.4 Å². The minimum atomic E-state index is 0.0975. The van der Waals surface area contributed by atoms with Crippen molar-refractivity contribution in [2.24, 2.45) is 0 Å². The molecule has 1 N–H and O–H groups in total. The Morgan fingerprint density at radius 3 is 2.42 bits per heavy atom. The molecule has 0 spiro atoms. The van der Waals surface area contributed by atoms with Gasteiger partial charge in [-0.2, -0.15) is 0 Å². The Balaban J connectivity index is 3.22. The SMILES string of the molecule is CCCc1c(NCC)ncnc1N(C)C(C)(C)CC. The van der Waals surface area contributed by atoms with Gasteiger partial charge in [-0.15, -0.1) is 0 Å². The Kier molecular flexibility index (Phi) is 5.58. The second kappa shape index (κ2) is 6.73. The van der Waals surface area contributed by atoms with E-state index in [4.69, 9.17) is 0 Å². The average Bonchev–Trinajstić information content (AvgIpc) is 2.40. The van der Waals surface area contributed by atoms with Gasteiger partial charge in [-0.25, -0.2) is 9.97 Å². The van der Waals surface area contributed by atoms with E-state index in [1.165, 1.54) is 5.56 Å². The van der Waals surface area contributed by atoms with Crippen LogP contribution in [0.4, 0.5) is 11.6 Å². The van der Waals surface area contributed by atoms with E-state index in [-0.39, 0.29) is 5.54 Å². The monoisotopic (exact) mass is 264 g/mol.